The van der Waals surface area contributed by atoms with Crippen LogP contribution in [0, 0.1) is 5.82 Å². The number of sulfone groups is 1. The Morgan fingerprint density at radius 1 is 1.20 bits per heavy atom. The van der Waals surface area contributed by atoms with Crippen LogP contribution in [0.4, 0.5) is 4.39 Å². The number of H-pyrrole nitrogens is 1. The van der Waals surface area contributed by atoms with E-state index in [2.05, 4.69) is 15.0 Å². The number of fused-ring (bicyclic) bond motifs is 1. The van der Waals surface area contributed by atoms with Crippen LogP contribution in [0.3, 0.4) is 0 Å². The molecular weight excluding hydrogens is 281 g/mol. The zero-order valence-electron chi connectivity index (χ0n) is 10.5. The summed E-state index contributed by atoms with van der Waals surface area (Å²) in [5, 5.41) is 0. The average molecular weight is 291 g/mol. The zero-order chi connectivity index (χ0) is 14.3. The summed E-state index contributed by atoms with van der Waals surface area (Å²) in [6.07, 6.45) is 2.25. The maximum atomic E-state index is 12.8. The topological polar surface area (TPSA) is 75.7 Å². The summed E-state index contributed by atoms with van der Waals surface area (Å²) >= 11 is 0. The Kier molecular flexibility index (Phi) is 2.79. The van der Waals surface area contributed by atoms with E-state index in [1.54, 1.807) is 6.07 Å². The fourth-order valence-electron chi connectivity index (χ4n) is 1.86. The highest BCUT2D eigenvalue weighted by Gasteiger charge is 2.11. The van der Waals surface area contributed by atoms with Crippen molar-refractivity contribution in [3.8, 4) is 11.5 Å². The highest BCUT2D eigenvalue weighted by Crippen LogP contribution is 2.21. The molecule has 0 aliphatic rings. The lowest BCUT2D eigenvalue weighted by atomic mass is 10.3. The maximum absolute atomic E-state index is 12.8. The third-order valence-electron chi connectivity index (χ3n) is 2.85. The van der Waals surface area contributed by atoms with E-state index in [1.165, 1.54) is 24.3 Å². The number of aromatic amines is 1. The molecule has 20 heavy (non-hydrogen) atoms. The van der Waals surface area contributed by atoms with Crippen LogP contribution >= 0.6 is 0 Å². The highest BCUT2D eigenvalue weighted by molar-refractivity contribution is 7.90. The van der Waals surface area contributed by atoms with Gasteiger partial charge < -0.3 is 4.98 Å². The van der Waals surface area contributed by atoms with Crippen molar-refractivity contribution in [2.75, 3.05) is 6.26 Å². The van der Waals surface area contributed by atoms with Crippen LogP contribution in [-0.4, -0.2) is 29.6 Å². The second kappa shape index (κ2) is 4.38. The summed E-state index contributed by atoms with van der Waals surface area (Å²) in [6, 6.07) is 7.43. The zero-order valence-corrected chi connectivity index (χ0v) is 11.3. The normalized spacial score (nSPS) is 11.9. The molecule has 0 fully saturated rings. The molecule has 5 nitrogen and oxygen atoms in total. The first-order valence-electron chi connectivity index (χ1n) is 5.75. The fourth-order valence-corrected chi connectivity index (χ4v) is 2.50. The van der Waals surface area contributed by atoms with Gasteiger partial charge in [-0.15, -0.1) is 0 Å². The molecule has 0 saturated heterocycles. The molecule has 2 heterocycles. The van der Waals surface area contributed by atoms with Gasteiger partial charge in [0.1, 0.15) is 11.5 Å². The van der Waals surface area contributed by atoms with Gasteiger partial charge in [0, 0.05) is 6.26 Å². The summed E-state index contributed by atoms with van der Waals surface area (Å²) in [6.45, 7) is 0. The Balaban J connectivity index is 2.13. The molecule has 0 unspecified atom stereocenters. The number of rotatable bonds is 2. The van der Waals surface area contributed by atoms with E-state index in [4.69, 9.17) is 0 Å². The third-order valence-corrected chi connectivity index (χ3v) is 3.96. The molecule has 0 atom stereocenters. The Hall–Kier alpha value is -2.28. The fraction of sp³-hybridized carbons (Fsp3) is 0.0769. The molecule has 0 amide bonds. The van der Waals surface area contributed by atoms with Crippen LogP contribution in [0.1, 0.15) is 0 Å². The summed E-state index contributed by atoms with van der Waals surface area (Å²) in [4.78, 5) is 11.4. The van der Waals surface area contributed by atoms with Crippen molar-refractivity contribution in [1.29, 1.82) is 0 Å². The van der Waals surface area contributed by atoms with E-state index in [1.807, 2.05) is 0 Å². The van der Waals surface area contributed by atoms with Crippen LogP contribution in [0.15, 0.2) is 41.4 Å². The van der Waals surface area contributed by atoms with Crippen molar-refractivity contribution in [2.45, 2.75) is 4.90 Å². The number of pyridine rings is 1. The predicted octanol–water partition coefficient (Wildman–Crippen LogP) is 2.17. The molecule has 0 spiro atoms. The van der Waals surface area contributed by atoms with Gasteiger partial charge in [-0.3, -0.25) is 0 Å². The largest absolute Gasteiger partial charge is 0.337 e. The van der Waals surface area contributed by atoms with Gasteiger partial charge in [-0.1, -0.05) is 0 Å². The van der Waals surface area contributed by atoms with Crippen molar-refractivity contribution in [2.24, 2.45) is 0 Å². The molecule has 0 radical (unpaired) electrons. The minimum atomic E-state index is -3.27. The van der Waals surface area contributed by atoms with Crippen molar-refractivity contribution in [1.82, 2.24) is 15.0 Å². The summed E-state index contributed by atoms with van der Waals surface area (Å²) in [5.41, 5.74) is 1.70. The van der Waals surface area contributed by atoms with E-state index in [-0.39, 0.29) is 4.90 Å². The molecule has 0 aliphatic heterocycles. The molecule has 3 rings (SSSR count). The van der Waals surface area contributed by atoms with Crippen molar-refractivity contribution in [3.63, 3.8) is 0 Å². The number of hydrogen-bond acceptors (Lipinski definition) is 4. The molecule has 7 heteroatoms. The van der Waals surface area contributed by atoms with Gasteiger partial charge in [-0.2, -0.15) is 0 Å². The van der Waals surface area contributed by atoms with Crippen molar-refractivity contribution in [3.05, 3.63) is 42.3 Å². The Morgan fingerprint density at radius 2 is 2.00 bits per heavy atom. The van der Waals surface area contributed by atoms with E-state index in [9.17, 15) is 12.8 Å². The monoisotopic (exact) mass is 291 g/mol. The van der Waals surface area contributed by atoms with E-state index < -0.39 is 15.7 Å². The van der Waals surface area contributed by atoms with Crippen LogP contribution in [0.25, 0.3) is 22.6 Å². The van der Waals surface area contributed by atoms with Gasteiger partial charge >= 0.3 is 0 Å². The smallest absolute Gasteiger partial charge is 0.175 e. The molecule has 0 saturated carbocycles. The maximum Gasteiger partial charge on any atom is 0.175 e. The van der Waals surface area contributed by atoms with E-state index in [0.29, 0.717) is 22.6 Å². The lowest BCUT2D eigenvalue weighted by Crippen LogP contribution is -1.96. The van der Waals surface area contributed by atoms with Gasteiger partial charge in [-0.05, 0) is 30.3 Å². The summed E-state index contributed by atoms with van der Waals surface area (Å²) < 4.78 is 35.8. The Labute approximate surface area is 114 Å². The number of halogens is 1. The van der Waals surface area contributed by atoms with Gasteiger partial charge in [-0.25, -0.2) is 22.8 Å². The summed E-state index contributed by atoms with van der Waals surface area (Å²) in [5.74, 6) is 0.0369. The number of benzene rings is 1. The number of imidazole rings is 1. The third kappa shape index (κ3) is 2.27. The minimum Gasteiger partial charge on any atom is -0.337 e. The molecule has 102 valence electrons. The lowest BCUT2D eigenvalue weighted by Gasteiger charge is -1.96. The molecule has 0 bridgehead atoms. The highest BCUT2D eigenvalue weighted by atomic mass is 32.2. The molecule has 3 aromatic rings. The quantitative estimate of drug-likeness (QED) is 0.785. The van der Waals surface area contributed by atoms with Gasteiger partial charge in [0.05, 0.1) is 22.1 Å². The number of aromatic nitrogens is 3. The predicted molar refractivity (Wildman–Crippen MR) is 72.4 cm³/mol. The SMILES string of the molecule is CS(=O)(=O)c1ccc2nc(-c3ccc(F)cn3)[nH]c2c1. The number of hydrogen-bond donors (Lipinski definition) is 1. The molecule has 0 aliphatic carbocycles. The lowest BCUT2D eigenvalue weighted by molar-refractivity contribution is 0.602. The first-order chi connectivity index (χ1) is 9.43. The Bertz CT molecular complexity index is 886. The first kappa shape index (κ1) is 12.7. The minimum absolute atomic E-state index is 0.215. The molecule has 1 N–H and O–H groups in total. The van der Waals surface area contributed by atoms with Crippen LogP contribution in [-0.2, 0) is 9.84 Å². The second-order valence-electron chi connectivity index (χ2n) is 4.40. The van der Waals surface area contributed by atoms with Gasteiger partial charge in [0.15, 0.2) is 15.7 Å². The van der Waals surface area contributed by atoms with Crippen LogP contribution < -0.4 is 0 Å². The molecular formula is C13H10FN3O2S. The average Bonchev–Trinajstić information content (AvgIpc) is 2.81. The molecule has 2 aromatic heterocycles. The van der Waals surface area contributed by atoms with E-state index in [0.717, 1.165) is 12.5 Å². The molecule has 1 aromatic carbocycles. The van der Waals surface area contributed by atoms with Crippen LogP contribution in [0.5, 0.6) is 0 Å². The van der Waals surface area contributed by atoms with Crippen molar-refractivity contribution < 1.29 is 12.8 Å². The summed E-state index contributed by atoms with van der Waals surface area (Å²) in [7, 11) is -3.27. The van der Waals surface area contributed by atoms with Gasteiger partial charge in [0.25, 0.3) is 0 Å². The van der Waals surface area contributed by atoms with E-state index >= 15 is 0 Å². The Morgan fingerprint density at radius 3 is 2.65 bits per heavy atom. The van der Waals surface area contributed by atoms with Crippen molar-refractivity contribution >= 4 is 20.9 Å². The van der Waals surface area contributed by atoms with Crippen LogP contribution in [0.2, 0.25) is 0 Å². The standard InChI is InChI=1S/C13H10FN3O2S/c1-20(18,19)9-3-5-10-12(6-9)17-13(16-10)11-4-2-8(14)7-15-11/h2-7H,1H3,(H,16,17). The second-order valence-corrected chi connectivity index (χ2v) is 6.41. The van der Waals surface area contributed by atoms with Gasteiger partial charge in [0.2, 0.25) is 0 Å². The number of nitrogens with one attached hydrogen (secondary N) is 1. The number of nitrogens with zero attached hydrogens (tertiary/aromatic N) is 2. The first-order valence-corrected chi connectivity index (χ1v) is 7.64.